The van der Waals surface area contributed by atoms with Gasteiger partial charge in [0.25, 0.3) is 0 Å². The minimum absolute atomic E-state index is 0.728. The van der Waals surface area contributed by atoms with E-state index in [1.807, 2.05) is 19.1 Å². The van der Waals surface area contributed by atoms with Crippen LogP contribution in [0, 0.1) is 0 Å². The Kier molecular flexibility index (Phi) is 5.73. The van der Waals surface area contributed by atoms with Crippen LogP contribution in [0.1, 0.15) is 12.5 Å². The first-order chi connectivity index (χ1) is 7.26. The number of halogens is 1. The summed E-state index contributed by atoms with van der Waals surface area (Å²) in [5.41, 5.74) is 2.27. The van der Waals surface area contributed by atoms with Crippen LogP contribution in [0.2, 0.25) is 0 Å². The van der Waals surface area contributed by atoms with Gasteiger partial charge in [0.2, 0.25) is 0 Å². The second kappa shape index (κ2) is 6.85. The molecule has 0 saturated heterocycles. The van der Waals surface area contributed by atoms with Crippen LogP contribution >= 0.6 is 15.9 Å². The lowest BCUT2D eigenvalue weighted by molar-refractivity contribution is 0.340. The van der Waals surface area contributed by atoms with Gasteiger partial charge in [0.15, 0.2) is 0 Å². The normalized spacial score (nSPS) is 10.7. The molecular formula is C12H18BrNO. The van der Waals surface area contributed by atoms with Crippen LogP contribution in [0.4, 0.5) is 0 Å². The lowest BCUT2D eigenvalue weighted by atomic mass is 10.1. The minimum atomic E-state index is 0.728. The standard InChI is InChI=1S/C12H18BrNO/c1-3-15-12-6-4-11(5-7-12)8-9-14(2)10-13/h4-7H,3,8-10H2,1-2H3. The molecule has 0 amide bonds. The molecule has 3 heteroatoms. The highest BCUT2D eigenvalue weighted by atomic mass is 79.9. The van der Waals surface area contributed by atoms with Crippen LogP contribution in [0.25, 0.3) is 0 Å². The molecule has 2 nitrogen and oxygen atoms in total. The van der Waals surface area contributed by atoms with Crippen molar-refractivity contribution in [2.75, 3.05) is 25.7 Å². The first-order valence-electron chi connectivity index (χ1n) is 5.22. The van der Waals surface area contributed by atoms with Gasteiger partial charge >= 0.3 is 0 Å². The van der Waals surface area contributed by atoms with E-state index in [1.54, 1.807) is 0 Å². The molecule has 0 aromatic heterocycles. The van der Waals surface area contributed by atoms with Crippen molar-refractivity contribution >= 4 is 15.9 Å². The van der Waals surface area contributed by atoms with Crippen molar-refractivity contribution in [1.82, 2.24) is 4.90 Å². The van der Waals surface area contributed by atoms with Crippen LogP contribution < -0.4 is 4.74 Å². The third kappa shape index (κ3) is 4.67. The zero-order valence-corrected chi connectivity index (χ0v) is 11.0. The average Bonchev–Trinajstić information content (AvgIpc) is 2.28. The number of ether oxygens (including phenoxy) is 1. The lowest BCUT2D eigenvalue weighted by Crippen LogP contribution is -2.18. The van der Waals surface area contributed by atoms with E-state index < -0.39 is 0 Å². The number of rotatable bonds is 6. The third-order valence-corrected chi connectivity index (χ3v) is 3.08. The highest BCUT2D eigenvalue weighted by molar-refractivity contribution is 9.09. The highest BCUT2D eigenvalue weighted by Crippen LogP contribution is 2.12. The molecule has 1 rings (SSSR count). The summed E-state index contributed by atoms with van der Waals surface area (Å²) in [6.07, 6.45) is 1.08. The maximum atomic E-state index is 5.39. The Labute approximate surface area is 100 Å². The zero-order chi connectivity index (χ0) is 11.1. The fourth-order valence-corrected chi connectivity index (χ4v) is 1.55. The Hall–Kier alpha value is -0.540. The molecular weight excluding hydrogens is 254 g/mol. The van der Waals surface area contributed by atoms with E-state index >= 15 is 0 Å². The molecule has 1 aromatic carbocycles. The summed E-state index contributed by atoms with van der Waals surface area (Å²) in [5.74, 6) is 0.954. The van der Waals surface area contributed by atoms with Gasteiger partial charge in [-0.3, -0.25) is 4.90 Å². The molecule has 0 saturated carbocycles. The van der Waals surface area contributed by atoms with Gasteiger partial charge in [0.1, 0.15) is 5.75 Å². The van der Waals surface area contributed by atoms with Gasteiger partial charge in [0, 0.05) is 6.54 Å². The summed E-state index contributed by atoms with van der Waals surface area (Å²) < 4.78 is 5.39. The van der Waals surface area contributed by atoms with Gasteiger partial charge < -0.3 is 4.74 Å². The maximum Gasteiger partial charge on any atom is 0.119 e. The fourth-order valence-electron chi connectivity index (χ4n) is 1.30. The molecule has 0 atom stereocenters. The smallest absolute Gasteiger partial charge is 0.119 e. The lowest BCUT2D eigenvalue weighted by Gasteiger charge is -2.12. The molecule has 1 aromatic rings. The van der Waals surface area contributed by atoms with Crippen LogP contribution in [-0.4, -0.2) is 30.6 Å². The number of hydrogen-bond acceptors (Lipinski definition) is 2. The second-order valence-electron chi connectivity index (χ2n) is 3.53. The minimum Gasteiger partial charge on any atom is -0.494 e. The summed E-state index contributed by atoms with van der Waals surface area (Å²) >= 11 is 3.43. The largest absolute Gasteiger partial charge is 0.494 e. The van der Waals surface area contributed by atoms with Gasteiger partial charge in [-0.25, -0.2) is 0 Å². The Bertz CT molecular complexity index is 273. The molecule has 0 aliphatic rings. The van der Waals surface area contributed by atoms with Crippen molar-refractivity contribution in [3.05, 3.63) is 29.8 Å². The van der Waals surface area contributed by atoms with E-state index in [-0.39, 0.29) is 0 Å². The van der Waals surface area contributed by atoms with Crippen LogP contribution in [0.15, 0.2) is 24.3 Å². The number of alkyl halides is 1. The van der Waals surface area contributed by atoms with Gasteiger partial charge in [0.05, 0.1) is 12.1 Å². The summed E-state index contributed by atoms with van der Waals surface area (Å²) in [4.78, 5) is 2.23. The fraction of sp³-hybridized carbons (Fsp3) is 0.500. The molecule has 0 aliphatic heterocycles. The van der Waals surface area contributed by atoms with Crippen molar-refractivity contribution in [2.45, 2.75) is 13.3 Å². The van der Waals surface area contributed by atoms with Crippen molar-refractivity contribution in [3.63, 3.8) is 0 Å². The number of benzene rings is 1. The van der Waals surface area contributed by atoms with E-state index in [0.29, 0.717) is 0 Å². The predicted molar refractivity (Wildman–Crippen MR) is 67.7 cm³/mol. The molecule has 0 heterocycles. The molecule has 0 radical (unpaired) electrons. The van der Waals surface area contributed by atoms with Crippen LogP contribution in [0.3, 0.4) is 0 Å². The second-order valence-corrected chi connectivity index (χ2v) is 4.03. The quantitative estimate of drug-likeness (QED) is 0.583. The van der Waals surface area contributed by atoms with Crippen LogP contribution in [0.5, 0.6) is 5.75 Å². The summed E-state index contributed by atoms with van der Waals surface area (Å²) in [6, 6.07) is 8.33. The maximum absolute atomic E-state index is 5.39. The molecule has 0 spiro atoms. The van der Waals surface area contributed by atoms with Crippen LogP contribution in [-0.2, 0) is 6.42 Å². The summed E-state index contributed by atoms with van der Waals surface area (Å²) in [7, 11) is 2.10. The van der Waals surface area contributed by atoms with Gasteiger partial charge in [-0.05, 0) is 38.1 Å². The molecule has 0 aliphatic carbocycles. The molecule has 15 heavy (non-hydrogen) atoms. The Morgan fingerprint density at radius 2 is 1.93 bits per heavy atom. The monoisotopic (exact) mass is 271 g/mol. The summed E-state index contributed by atoms with van der Waals surface area (Å²) in [6.45, 7) is 3.80. The van der Waals surface area contributed by atoms with E-state index in [4.69, 9.17) is 4.74 Å². The molecule has 0 bridgehead atoms. The Balaban J connectivity index is 2.42. The van der Waals surface area contributed by atoms with Crippen molar-refractivity contribution < 1.29 is 4.74 Å². The van der Waals surface area contributed by atoms with E-state index in [1.165, 1.54) is 5.56 Å². The predicted octanol–water partition coefficient (Wildman–Crippen LogP) is 2.91. The van der Waals surface area contributed by atoms with E-state index in [2.05, 4.69) is 40.0 Å². The van der Waals surface area contributed by atoms with Gasteiger partial charge in [-0.1, -0.05) is 28.1 Å². The molecule has 84 valence electrons. The Morgan fingerprint density at radius 3 is 2.47 bits per heavy atom. The van der Waals surface area contributed by atoms with Gasteiger partial charge in [-0.2, -0.15) is 0 Å². The van der Waals surface area contributed by atoms with E-state index in [9.17, 15) is 0 Å². The summed E-state index contributed by atoms with van der Waals surface area (Å²) in [5, 5.41) is 0. The highest BCUT2D eigenvalue weighted by Gasteiger charge is 1.98. The zero-order valence-electron chi connectivity index (χ0n) is 9.37. The number of hydrogen-bond donors (Lipinski definition) is 0. The van der Waals surface area contributed by atoms with Crippen molar-refractivity contribution in [2.24, 2.45) is 0 Å². The van der Waals surface area contributed by atoms with E-state index in [0.717, 1.165) is 30.8 Å². The topological polar surface area (TPSA) is 12.5 Å². The first kappa shape index (κ1) is 12.5. The number of nitrogens with zero attached hydrogens (tertiary/aromatic N) is 1. The SMILES string of the molecule is CCOc1ccc(CCN(C)CBr)cc1. The first-order valence-corrected chi connectivity index (χ1v) is 6.34. The molecule has 0 fully saturated rings. The van der Waals surface area contributed by atoms with Gasteiger partial charge in [-0.15, -0.1) is 0 Å². The molecule has 0 N–H and O–H groups in total. The molecule has 0 unspecified atom stereocenters. The van der Waals surface area contributed by atoms with Crippen molar-refractivity contribution in [1.29, 1.82) is 0 Å². The Morgan fingerprint density at radius 1 is 1.27 bits per heavy atom. The average molecular weight is 272 g/mol. The van der Waals surface area contributed by atoms with Crippen molar-refractivity contribution in [3.8, 4) is 5.75 Å². The number of likely N-dealkylation sites (N-methyl/N-ethyl adjacent to an activating group) is 1. The third-order valence-electron chi connectivity index (χ3n) is 2.22.